The minimum Gasteiger partial charge on any atom is -0.353 e. The van der Waals surface area contributed by atoms with Gasteiger partial charge in [0.15, 0.2) is 0 Å². The van der Waals surface area contributed by atoms with Crippen LogP contribution in [0.4, 0.5) is 5.82 Å². The first-order valence-corrected chi connectivity index (χ1v) is 7.69. The van der Waals surface area contributed by atoms with E-state index in [1.165, 1.54) is 23.2 Å². The molecule has 1 aromatic carbocycles. The Morgan fingerprint density at radius 2 is 1.90 bits per heavy atom. The van der Waals surface area contributed by atoms with E-state index in [4.69, 9.17) is 5.73 Å². The number of aromatic nitrogens is 2. The normalized spacial score (nSPS) is 21.8. The van der Waals surface area contributed by atoms with Crippen LogP contribution in [0.25, 0.3) is 0 Å². The predicted molar refractivity (Wildman–Crippen MR) is 83.4 cm³/mol. The van der Waals surface area contributed by atoms with Crippen LogP contribution in [0, 0.1) is 0 Å². The Bertz CT molecular complexity index is 634. The van der Waals surface area contributed by atoms with Crippen molar-refractivity contribution in [3.8, 4) is 0 Å². The SMILES string of the molecule is NC1CN(c2ncnc3c2CCC(c2ccccc2)C3)C1. The summed E-state index contributed by atoms with van der Waals surface area (Å²) in [4.78, 5) is 11.3. The van der Waals surface area contributed by atoms with Gasteiger partial charge < -0.3 is 10.6 Å². The molecule has 108 valence electrons. The van der Waals surface area contributed by atoms with Crippen LogP contribution in [0.15, 0.2) is 36.7 Å². The van der Waals surface area contributed by atoms with E-state index >= 15 is 0 Å². The molecule has 1 aliphatic heterocycles. The van der Waals surface area contributed by atoms with Crippen molar-refractivity contribution in [2.45, 2.75) is 31.2 Å². The molecule has 1 aliphatic carbocycles. The summed E-state index contributed by atoms with van der Waals surface area (Å²) in [6.07, 6.45) is 4.98. The summed E-state index contributed by atoms with van der Waals surface area (Å²) in [6.45, 7) is 1.84. The van der Waals surface area contributed by atoms with E-state index in [9.17, 15) is 0 Å². The van der Waals surface area contributed by atoms with Crippen molar-refractivity contribution in [1.82, 2.24) is 9.97 Å². The number of fused-ring (bicyclic) bond motifs is 1. The Labute approximate surface area is 125 Å². The molecular weight excluding hydrogens is 260 g/mol. The van der Waals surface area contributed by atoms with E-state index in [-0.39, 0.29) is 0 Å². The van der Waals surface area contributed by atoms with Gasteiger partial charge in [-0.1, -0.05) is 30.3 Å². The lowest BCUT2D eigenvalue weighted by Crippen LogP contribution is -2.56. The van der Waals surface area contributed by atoms with Crippen LogP contribution in [0.2, 0.25) is 0 Å². The average Bonchev–Trinajstić information content (AvgIpc) is 2.52. The first kappa shape index (κ1) is 12.8. The maximum Gasteiger partial charge on any atom is 0.135 e. The second-order valence-electron chi connectivity index (χ2n) is 6.14. The summed E-state index contributed by atoms with van der Waals surface area (Å²) in [5.41, 5.74) is 9.89. The molecule has 1 aromatic heterocycles. The molecule has 1 saturated heterocycles. The fourth-order valence-electron chi connectivity index (χ4n) is 3.49. The lowest BCUT2D eigenvalue weighted by molar-refractivity contribution is 0.504. The van der Waals surface area contributed by atoms with Crippen LogP contribution >= 0.6 is 0 Å². The van der Waals surface area contributed by atoms with Crippen LogP contribution in [-0.2, 0) is 12.8 Å². The van der Waals surface area contributed by atoms with Gasteiger partial charge in [-0.3, -0.25) is 0 Å². The molecule has 1 unspecified atom stereocenters. The average molecular weight is 280 g/mol. The molecule has 0 saturated carbocycles. The number of nitrogens with zero attached hydrogens (tertiary/aromatic N) is 3. The zero-order chi connectivity index (χ0) is 14.2. The molecule has 4 nitrogen and oxygen atoms in total. The van der Waals surface area contributed by atoms with Gasteiger partial charge in [-0.2, -0.15) is 0 Å². The molecule has 21 heavy (non-hydrogen) atoms. The third-order valence-corrected chi connectivity index (χ3v) is 4.67. The molecular formula is C17H20N4. The Hall–Kier alpha value is -1.94. The highest BCUT2D eigenvalue weighted by atomic mass is 15.3. The predicted octanol–water partition coefficient (Wildman–Crippen LogP) is 1.90. The quantitative estimate of drug-likeness (QED) is 0.913. The molecule has 0 spiro atoms. The smallest absolute Gasteiger partial charge is 0.135 e. The monoisotopic (exact) mass is 280 g/mol. The highest BCUT2D eigenvalue weighted by Gasteiger charge is 2.30. The number of hydrogen-bond acceptors (Lipinski definition) is 4. The van der Waals surface area contributed by atoms with Gasteiger partial charge in [0, 0.05) is 30.4 Å². The minimum atomic E-state index is 0.302. The van der Waals surface area contributed by atoms with E-state index in [2.05, 4.69) is 45.2 Å². The largest absolute Gasteiger partial charge is 0.353 e. The summed E-state index contributed by atoms with van der Waals surface area (Å²) in [5.74, 6) is 1.70. The highest BCUT2D eigenvalue weighted by Crippen LogP contribution is 2.35. The summed E-state index contributed by atoms with van der Waals surface area (Å²) in [7, 11) is 0. The Morgan fingerprint density at radius 1 is 1.10 bits per heavy atom. The van der Waals surface area contributed by atoms with Gasteiger partial charge in [0.2, 0.25) is 0 Å². The molecule has 4 heteroatoms. The maximum absolute atomic E-state index is 5.90. The van der Waals surface area contributed by atoms with Crippen molar-refractivity contribution in [2.24, 2.45) is 5.73 Å². The number of anilines is 1. The van der Waals surface area contributed by atoms with Crippen molar-refractivity contribution in [1.29, 1.82) is 0 Å². The van der Waals surface area contributed by atoms with Crippen LogP contribution in [0.5, 0.6) is 0 Å². The lowest BCUT2D eigenvalue weighted by Gasteiger charge is -2.39. The van der Waals surface area contributed by atoms with E-state index in [0.29, 0.717) is 12.0 Å². The molecule has 0 bridgehead atoms. The van der Waals surface area contributed by atoms with Crippen LogP contribution in [0.3, 0.4) is 0 Å². The summed E-state index contributed by atoms with van der Waals surface area (Å²) in [6, 6.07) is 11.1. The molecule has 2 N–H and O–H groups in total. The van der Waals surface area contributed by atoms with Crippen molar-refractivity contribution in [2.75, 3.05) is 18.0 Å². The number of rotatable bonds is 2. The Morgan fingerprint density at radius 3 is 2.67 bits per heavy atom. The summed E-state index contributed by atoms with van der Waals surface area (Å²) >= 11 is 0. The summed E-state index contributed by atoms with van der Waals surface area (Å²) in [5, 5.41) is 0. The van der Waals surface area contributed by atoms with Gasteiger partial charge >= 0.3 is 0 Å². The Kier molecular flexibility index (Phi) is 3.11. The van der Waals surface area contributed by atoms with E-state index in [1.807, 2.05) is 0 Å². The van der Waals surface area contributed by atoms with E-state index in [1.54, 1.807) is 6.33 Å². The van der Waals surface area contributed by atoms with Gasteiger partial charge in [0.1, 0.15) is 12.1 Å². The van der Waals surface area contributed by atoms with Crippen LogP contribution < -0.4 is 10.6 Å². The van der Waals surface area contributed by atoms with Crippen molar-refractivity contribution in [3.63, 3.8) is 0 Å². The number of benzene rings is 1. The van der Waals surface area contributed by atoms with Gasteiger partial charge in [-0.05, 0) is 30.7 Å². The molecule has 0 amide bonds. The fraction of sp³-hybridized carbons (Fsp3) is 0.412. The molecule has 4 rings (SSSR count). The molecule has 1 atom stereocenters. The third-order valence-electron chi connectivity index (χ3n) is 4.67. The van der Waals surface area contributed by atoms with Gasteiger partial charge in [0.05, 0.1) is 0 Å². The standard InChI is InChI=1S/C17H20N4/c18-14-9-21(10-14)17-15-7-6-13(8-16(15)19-11-20-17)12-4-2-1-3-5-12/h1-5,11,13-14H,6-10,18H2. The third kappa shape index (κ3) is 2.29. The molecule has 2 aromatic rings. The lowest BCUT2D eigenvalue weighted by atomic mass is 9.82. The van der Waals surface area contributed by atoms with Crippen molar-refractivity contribution < 1.29 is 0 Å². The molecule has 1 fully saturated rings. The maximum atomic E-state index is 5.90. The molecule has 2 heterocycles. The Balaban J connectivity index is 1.60. The number of hydrogen-bond donors (Lipinski definition) is 1. The van der Waals surface area contributed by atoms with Gasteiger partial charge in [-0.25, -0.2) is 9.97 Å². The second kappa shape index (κ2) is 5.11. The minimum absolute atomic E-state index is 0.302. The first-order valence-electron chi connectivity index (χ1n) is 7.69. The zero-order valence-electron chi connectivity index (χ0n) is 12.1. The molecule has 2 aliphatic rings. The van der Waals surface area contributed by atoms with Crippen LogP contribution in [0.1, 0.15) is 29.2 Å². The van der Waals surface area contributed by atoms with Gasteiger partial charge in [0.25, 0.3) is 0 Å². The van der Waals surface area contributed by atoms with Crippen LogP contribution in [-0.4, -0.2) is 29.1 Å². The highest BCUT2D eigenvalue weighted by molar-refractivity contribution is 5.52. The summed E-state index contributed by atoms with van der Waals surface area (Å²) < 4.78 is 0. The first-order chi connectivity index (χ1) is 10.3. The van der Waals surface area contributed by atoms with Gasteiger partial charge in [-0.15, -0.1) is 0 Å². The van der Waals surface area contributed by atoms with Crippen molar-refractivity contribution in [3.05, 3.63) is 53.5 Å². The fourth-order valence-corrected chi connectivity index (χ4v) is 3.49. The number of nitrogens with two attached hydrogens (primary N) is 1. The van der Waals surface area contributed by atoms with E-state index < -0.39 is 0 Å². The zero-order valence-corrected chi connectivity index (χ0v) is 12.1. The molecule has 0 radical (unpaired) electrons. The van der Waals surface area contributed by atoms with Crippen molar-refractivity contribution >= 4 is 5.82 Å². The van der Waals surface area contributed by atoms with E-state index in [0.717, 1.165) is 31.7 Å². The topological polar surface area (TPSA) is 55.0 Å². The second-order valence-corrected chi connectivity index (χ2v) is 6.14.